The fourth-order valence-corrected chi connectivity index (χ4v) is 4.34. The van der Waals surface area contributed by atoms with Crippen molar-refractivity contribution >= 4 is 45.1 Å². The highest BCUT2D eigenvalue weighted by Crippen LogP contribution is 2.20. The van der Waals surface area contributed by atoms with Crippen molar-refractivity contribution in [2.24, 2.45) is 0 Å². The zero-order valence-electron chi connectivity index (χ0n) is 20.0. The van der Waals surface area contributed by atoms with Crippen LogP contribution < -0.4 is 24.0 Å². The summed E-state index contributed by atoms with van der Waals surface area (Å²) in [6.45, 7) is 0. The molecule has 0 aliphatic heterocycles. The van der Waals surface area contributed by atoms with E-state index in [0.29, 0.717) is 22.1 Å². The van der Waals surface area contributed by atoms with Crippen molar-refractivity contribution in [2.45, 2.75) is 12.5 Å². The van der Waals surface area contributed by atoms with Gasteiger partial charge in [-0.2, -0.15) is 8.42 Å². The molecule has 36 heavy (non-hydrogen) atoms. The molecule has 3 aromatic rings. The molecule has 0 aliphatic carbocycles. The Kier molecular flexibility index (Phi) is 8.78. The number of nitrogens with zero attached hydrogens (tertiary/aromatic N) is 2. The molecule has 9 nitrogen and oxygen atoms in total. The van der Waals surface area contributed by atoms with Gasteiger partial charge in [0, 0.05) is 31.2 Å². The number of benzene rings is 3. The number of ether oxygens (including phenoxy) is 1. The second-order valence-electron chi connectivity index (χ2n) is 7.86. The van der Waals surface area contributed by atoms with Gasteiger partial charge in [-0.05, 0) is 54.1 Å². The van der Waals surface area contributed by atoms with Gasteiger partial charge in [0.1, 0.15) is 11.8 Å². The highest BCUT2D eigenvalue weighted by atomic mass is 35.5. The van der Waals surface area contributed by atoms with E-state index < -0.39 is 28.2 Å². The maximum atomic E-state index is 13.4. The molecule has 3 amide bonds. The Morgan fingerprint density at radius 2 is 1.50 bits per heavy atom. The van der Waals surface area contributed by atoms with Crippen LogP contribution in [-0.2, 0) is 21.4 Å². The summed E-state index contributed by atoms with van der Waals surface area (Å²) in [6, 6.07) is 19.9. The van der Waals surface area contributed by atoms with E-state index in [1.165, 1.54) is 36.2 Å². The largest absolute Gasteiger partial charge is 0.497 e. The number of anilines is 2. The molecule has 0 radical (unpaired) electrons. The first-order valence-electron chi connectivity index (χ1n) is 10.9. The molecule has 0 heterocycles. The molecule has 3 rings (SSSR count). The van der Waals surface area contributed by atoms with Gasteiger partial charge in [0.15, 0.2) is 0 Å². The predicted octanol–water partition coefficient (Wildman–Crippen LogP) is 3.60. The van der Waals surface area contributed by atoms with Crippen molar-refractivity contribution in [2.75, 3.05) is 30.4 Å². The molecule has 1 atom stereocenters. The Morgan fingerprint density at radius 3 is 2.08 bits per heavy atom. The van der Waals surface area contributed by atoms with Gasteiger partial charge in [-0.25, -0.2) is 9.52 Å². The number of methoxy groups -OCH3 is 1. The molecular weight excluding hydrogens is 504 g/mol. The van der Waals surface area contributed by atoms with Gasteiger partial charge in [0.2, 0.25) is 5.91 Å². The van der Waals surface area contributed by atoms with Crippen molar-refractivity contribution in [3.8, 4) is 5.75 Å². The minimum absolute atomic E-state index is 0.153. The number of carbonyl (C=O) groups excluding carboxylic acids is 2. The maximum Gasteiger partial charge on any atom is 0.330 e. The Labute approximate surface area is 215 Å². The summed E-state index contributed by atoms with van der Waals surface area (Å²) in [5, 5.41) is 2.96. The van der Waals surface area contributed by atoms with Crippen molar-refractivity contribution in [3.63, 3.8) is 0 Å². The third-order valence-corrected chi connectivity index (χ3v) is 7.08. The average molecular weight is 531 g/mol. The molecule has 3 aromatic carbocycles. The minimum Gasteiger partial charge on any atom is -0.497 e. The summed E-state index contributed by atoms with van der Waals surface area (Å²) in [5.74, 6) is 0.204. The normalized spacial score (nSPS) is 11.8. The van der Waals surface area contributed by atoms with Crippen molar-refractivity contribution < 1.29 is 22.7 Å². The average Bonchev–Trinajstić information content (AvgIpc) is 2.87. The van der Waals surface area contributed by atoms with E-state index in [1.54, 1.807) is 38.4 Å². The van der Waals surface area contributed by atoms with Crippen LogP contribution in [0.15, 0.2) is 78.9 Å². The van der Waals surface area contributed by atoms with E-state index in [-0.39, 0.29) is 6.42 Å². The Morgan fingerprint density at radius 1 is 0.917 bits per heavy atom. The van der Waals surface area contributed by atoms with Gasteiger partial charge in [0.05, 0.1) is 12.8 Å². The van der Waals surface area contributed by atoms with E-state index in [1.807, 2.05) is 35.1 Å². The lowest BCUT2D eigenvalue weighted by molar-refractivity contribution is -0.120. The van der Waals surface area contributed by atoms with Gasteiger partial charge < -0.3 is 15.0 Å². The van der Waals surface area contributed by atoms with Crippen LogP contribution in [0.25, 0.3) is 0 Å². The first-order valence-corrected chi connectivity index (χ1v) is 12.7. The quantitative estimate of drug-likeness (QED) is 0.439. The van der Waals surface area contributed by atoms with Crippen molar-refractivity contribution in [1.29, 1.82) is 0 Å². The van der Waals surface area contributed by atoms with Gasteiger partial charge >= 0.3 is 16.2 Å². The number of rotatable bonds is 9. The van der Waals surface area contributed by atoms with Gasteiger partial charge in [-0.1, -0.05) is 41.9 Å². The van der Waals surface area contributed by atoms with E-state index >= 15 is 0 Å². The molecular formula is C25H27ClN4O5S. The van der Waals surface area contributed by atoms with Crippen molar-refractivity contribution in [3.05, 3.63) is 89.4 Å². The van der Waals surface area contributed by atoms with Crippen LogP contribution in [0, 0.1) is 0 Å². The molecule has 0 fully saturated rings. The lowest BCUT2D eigenvalue weighted by Gasteiger charge is -2.26. The topological polar surface area (TPSA) is 108 Å². The Balaban J connectivity index is 1.78. The molecule has 190 valence electrons. The van der Waals surface area contributed by atoms with E-state index in [0.717, 1.165) is 9.87 Å². The number of halogens is 1. The molecule has 0 spiro atoms. The van der Waals surface area contributed by atoms with Crippen LogP contribution in [-0.4, -0.2) is 47.6 Å². The van der Waals surface area contributed by atoms with Crippen LogP contribution in [0.2, 0.25) is 5.02 Å². The summed E-state index contributed by atoms with van der Waals surface area (Å²) >= 11 is 5.86. The number of likely N-dealkylation sites (N-methyl/N-ethyl adjacent to an activating group) is 1. The lowest BCUT2D eigenvalue weighted by Crippen LogP contribution is -2.54. The smallest absolute Gasteiger partial charge is 0.330 e. The summed E-state index contributed by atoms with van der Waals surface area (Å²) < 4.78 is 33.6. The first kappa shape index (κ1) is 26.8. The maximum absolute atomic E-state index is 13.4. The van der Waals surface area contributed by atoms with Crippen molar-refractivity contribution in [1.82, 2.24) is 10.0 Å². The van der Waals surface area contributed by atoms with Crippen LogP contribution in [0.3, 0.4) is 0 Å². The molecule has 11 heteroatoms. The van der Waals surface area contributed by atoms with E-state index in [9.17, 15) is 18.0 Å². The number of urea groups is 1. The third kappa shape index (κ3) is 6.89. The first-order chi connectivity index (χ1) is 17.1. The van der Waals surface area contributed by atoms with E-state index in [4.69, 9.17) is 16.3 Å². The Bertz CT molecular complexity index is 1290. The molecule has 2 N–H and O–H groups in total. The molecule has 0 unspecified atom stereocenters. The number of amides is 3. The van der Waals surface area contributed by atoms with Gasteiger partial charge in [-0.15, -0.1) is 0 Å². The number of nitrogens with one attached hydrogen (secondary N) is 2. The zero-order valence-corrected chi connectivity index (χ0v) is 21.6. The second-order valence-corrected chi connectivity index (χ2v) is 10.0. The predicted molar refractivity (Wildman–Crippen MR) is 141 cm³/mol. The minimum atomic E-state index is -4.26. The van der Waals surface area contributed by atoms with E-state index in [2.05, 4.69) is 5.32 Å². The fourth-order valence-electron chi connectivity index (χ4n) is 3.38. The van der Waals surface area contributed by atoms with Crippen LogP contribution in [0.5, 0.6) is 5.75 Å². The standard InChI is InChI=1S/C25H27ClN4O5S/c1-29(20-13-15-22(35-3)16-14-20)24(31)23(17-18-7-5-4-6-8-18)27-25(32)28-36(33,34)30(2)21-11-9-19(26)10-12-21/h4-16,23H,17H2,1-3H3,(H2,27,28,32)/t23-/m0/s1. The molecule has 0 saturated carbocycles. The molecule has 0 bridgehead atoms. The summed E-state index contributed by atoms with van der Waals surface area (Å²) in [5.41, 5.74) is 1.67. The van der Waals surface area contributed by atoms with Gasteiger partial charge in [-0.3, -0.25) is 9.10 Å². The second kappa shape index (κ2) is 11.8. The third-order valence-electron chi connectivity index (χ3n) is 5.45. The number of carbonyl (C=O) groups is 2. The highest BCUT2D eigenvalue weighted by Gasteiger charge is 2.28. The van der Waals surface area contributed by atoms with Gasteiger partial charge in [0.25, 0.3) is 0 Å². The molecule has 0 aromatic heterocycles. The summed E-state index contributed by atoms with van der Waals surface area (Å²) in [6.07, 6.45) is 0.153. The number of hydrogen-bond acceptors (Lipinski definition) is 5. The lowest BCUT2D eigenvalue weighted by atomic mass is 10.0. The monoisotopic (exact) mass is 530 g/mol. The fraction of sp³-hybridized carbons (Fsp3) is 0.200. The molecule has 0 aliphatic rings. The summed E-state index contributed by atoms with van der Waals surface area (Å²) in [4.78, 5) is 27.5. The SMILES string of the molecule is COc1ccc(N(C)C(=O)[C@H](Cc2ccccc2)NC(=O)NS(=O)(=O)N(C)c2ccc(Cl)cc2)cc1. The molecule has 0 saturated heterocycles. The zero-order chi connectivity index (χ0) is 26.3. The van der Waals surface area contributed by atoms with Crippen LogP contribution >= 0.6 is 11.6 Å². The Hall–Kier alpha value is -3.76. The van der Waals surface area contributed by atoms with Crippen LogP contribution in [0.4, 0.5) is 16.2 Å². The van der Waals surface area contributed by atoms with Crippen LogP contribution in [0.1, 0.15) is 5.56 Å². The summed E-state index contributed by atoms with van der Waals surface area (Å²) in [7, 11) is 0.153. The number of hydrogen-bond donors (Lipinski definition) is 2. The highest BCUT2D eigenvalue weighted by molar-refractivity contribution is 7.91.